The van der Waals surface area contributed by atoms with Gasteiger partial charge in [-0.05, 0) is 49.3 Å². The molecule has 0 atom stereocenters. The number of aryl methyl sites for hydroxylation is 1. The number of benzene rings is 1. The molecule has 0 unspecified atom stereocenters. The third-order valence-corrected chi connectivity index (χ3v) is 3.30. The van der Waals surface area contributed by atoms with E-state index in [1.54, 1.807) is 6.20 Å². The van der Waals surface area contributed by atoms with Crippen LogP contribution in [0.15, 0.2) is 53.8 Å². The molecule has 0 aliphatic heterocycles. The number of hydrogen-bond donors (Lipinski definition) is 2. The van der Waals surface area contributed by atoms with Gasteiger partial charge in [0.25, 0.3) is 0 Å². The van der Waals surface area contributed by atoms with Crippen LogP contribution < -0.4 is 10.7 Å². The van der Waals surface area contributed by atoms with Crippen molar-refractivity contribution in [2.45, 2.75) is 20.4 Å². The topological polar surface area (TPSA) is 49.3 Å². The minimum atomic E-state index is 0.494. The molecule has 2 N–H and O–H groups in total. The van der Waals surface area contributed by atoms with Crippen molar-refractivity contribution in [3.63, 3.8) is 0 Å². The molecule has 0 aliphatic carbocycles. The van der Waals surface area contributed by atoms with Crippen LogP contribution in [0.4, 0.5) is 0 Å². The molecule has 2 rings (SSSR count). The van der Waals surface area contributed by atoms with Crippen LogP contribution in [0.25, 0.3) is 0 Å². The van der Waals surface area contributed by atoms with Crippen molar-refractivity contribution in [3.8, 4) is 0 Å². The number of aromatic nitrogens is 1. The van der Waals surface area contributed by atoms with E-state index in [0.29, 0.717) is 11.7 Å². The van der Waals surface area contributed by atoms with Crippen molar-refractivity contribution in [3.05, 3.63) is 65.5 Å². The molecule has 1 aromatic carbocycles. The maximum Gasteiger partial charge on any atom is 0.187 e. The SMILES string of the molecule is CC(=NNC(=S)NCc1ccccc1C)c1ccccn1. The first-order valence-corrected chi connectivity index (χ1v) is 7.11. The molecule has 0 saturated heterocycles. The minimum Gasteiger partial charge on any atom is -0.357 e. The fourth-order valence-corrected chi connectivity index (χ4v) is 1.91. The average molecular weight is 298 g/mol. The number of hydrogen-bond acceptors (Lipinski definition) is 3. The largest absolute Gasteiger partial charge is 0.357 e. The van der Waals surface area contributed by atoms with E-state index < -0.39 is 0 Å². The Labute approximate surface area is 130 Å². The predicted molar refractivity (Wildman–Crippen MR) is 90.2 cm³/mol. The van der Waals surface area contributed by atoms with Crippen molar-refractivity contribution in [2.75, 3.05) is 0 Å². The molecule has 0 aliphatic rings. The third-order valence-electron chi connectivity index (χ3n) is 3.06. The molecule has 0 amide bonds. The Kier molecular flexibility index (Phi) is 5.40. The summed E-state index contributed by atoms with van der Waals surface area (Å²) in [6.07, 6.45) is 1.74. The molecule has 108 valence electrons. The third kappa shape index (κ3) is 4.65. The van der Waals surface area contributed by atoms with E-state index in [-0.39, 0.29) is 0 Å². The Morgan fingerprint density at radius 1 is 1.19 bits per heavy atom. The molecule has 0 bridgehead atoms. The lowest BCUT2D eigenvalue weighted by atomic mass is 10.1. The van der Waals surface area contributed by atoms with E-state index in [4.69, 9.17) is 12.2 Å². The van der Waals surface area contributed by atoms with Crippen LogP contribution in [0.2, 0.25) is 0 Å². The Morgan fingerprint density at radius 2 is 1.95 bits per heavy atom. The number of pyridine rings is 1. The molecule has 0 spiro atoms. The fraction of sp³-hybridized carbons (Fsp3) is 0.188. The van der Waals surface area contributed by atoms with Crippen molar-refractivity contribution in [1.82, 2.24) is 15.7 Å². The maximum absolute atomic E-state index is 5.22. The molecule has 21 heavy (non-hydrogen) atoms. The number of thiocarbonyl (C=S) groups is 1. The highest BCUT2D eigenvalue weighted by molar-refractivity contribution is 7.80. The summed E-state index contributed by atoms with van der Waals surface area (Å²) >= 11 is 5.22. The smallest absolute Gasteiger partial charge is 0.187 e. The quantitative estimate of drug-likeness (QED) is 0.518. The monoisotopic (exact) mass is 298 g/mol. The van der Waals surface area contributed by atoms with Gasteiger partial charge in [-0.3, -0.25) is 10.4 Å². The summed E-state index contributed by atoms with van der Waals surface area (Å²) in [6.45, 7) is 4.65. The van der Waals surface area contributed by atoms with Crippen molar-refractivity contribution < 1.29 is 0 Å². The van der Waals surface area contributed by atoms with Gasteiger partial charge in [-0.1, -0.05) is 30.3 Å². The molecule has 1 aromatic heterocycles. The molecule has 2 aromatic rings. The Morgan fingerprint density at radius 3 is 2.67 bits per heavy atom. The van der Waals surface area contributed by atoms with Crippen molar-refractivity contribution >= 4 is 23.0 Å². The maximum atomic E-state index is 5.22. The molecule has 0 fully saturated rings. The second kappa shape index (κ2) is 7.50. The van der Waals surface area contributed by atoms with Crippen LogP contribution in [-0.4, -0.2) is 15.8 Å². The fourth-order valence-electron chi connectivity index (χ4n) is 1.79. The van der Waals surface area contributed by atoms with Gasteiger partial charge in [0.15, 0.2) is 5.11 Å². The minimum absolute atomic E-state index is 0.494. The first-order valence-electron chi connectivity index (χ1n) is 6.71. The summed E-state index contributed by atoms with van der Waals surface area (Å²) in [7, 11) is 0. The first kappa shape index (κ1) is 15.1. The van der Waals surface area contributed by atoms with Crippen LogP contribution in [-0.2, 0) is 6.54 Å². The average Bonchev–Trinajstić information content (AvgIpc) is 2.52. The highest BCUT2D eigenvalue weighted by Gasteiger charge is 2.00. The highest BCUT2D eigenvalue weighted by Crippen LogP contribution is 2.05. The molecule has 0 radical (unpaired) electrons. The van der Waals surface area contributed by atoms with Crippen LogP contribution >= 0.6 is 12.2 Å². The summed E-state index contributed by atoms with van der Waals surface area (Å²) < 4.78 is 0. The highest BCUT2D eigenvalue weighted by atomic mass is 32.1. The zero-order valence-electron chi connectivity index (χ0n) is 12.1. The Bertz CT molecular complexity index is 638. The molecular formula is C16H18N4S. The van der Waals surface area contributed by atoms with E-state index >= 15 is 0 Å². The summed E-state index contributed by atoms with van der Waals surface area (Å²) in [5.74, 6) is 0. The number of rotatable bonds is 4. The van der Waals surface area contributed by atoms with Crippen LogP contribution in [0, 0.1) is 6.92 Å². The van der Waals surface area contributed by atoms with Gasteiger partial charge in [-0.2, -0.15) is 5.10 Å². The molecular weight excluding hydrogens is 280 g/mol. The Balaban J connectivity index is 1.87. The zero-order chi connectivity index (χ0) is 15.1. The molecule has 1 heterocycles. The van der Waals surface area contributed by atoms with Gasteiger partial charge in [0.2, 0.25) is 0 Å². The second-order valence-corrected chi connectivity index (χ2v) is 5.04. The van der Waals surface area contributed by atoms with Crippen LogP contribution in [0.3, 0.4) is 0 Å². The molecule has 4 nitrogen and oxygen atoms in total. The van der Waals surface area contributed by atoms with Gasteiger partial charge in [0.1, 0.15) is 0 Å². The van der Waals surface area contributed by atoms with E-state index in [1.165, 1.54) is 11.1 Å². The predicted octanol–water partition coefficient (Wildman–Crippen LogP) is 2.78. The lowest BCUT2D eigenvalue weighted by Crippen LogP contribution is -2.32. The lowest BCUT2D eigenvalue weighted by molar-refractivity contribution is 0.860. The molecule has 0 saturated carbocycles. The normalized spacial score (nSPS) is 11.0. The zero-order valence-corrected chi connectivity index (χ0v) is 12.9. The lowest BCUT2D eigenvalue weighted by Gasteiger charge is -2.09. The van der Waals surface area contributed by atoms with Gasteiger partial charge < -0.3 is 5.32 Å². The van der Waals surface area contributed by atoms with Gasteiger partial charge in [0.05, 0.1) is 11.4 Å². The summed E-state index contributed by atoms with van der Waals surface area (Å²) in [5, 5.41) is 7.86. The van der Waals surface area contributed by atoms with E-state index in [0.717, 1.165) is 11.4 Å². The van der Waals surface area contributed by atoms with E-state index in [9.17, 15) is 0 Å². The van der Waals surface area contributed by atoms with Crippen molar-refractivity contribution in [1.29, 1.82) is 0 Å². The van der Waals surface area contributed by atoms with Gasteiger partial charge >= 0.3 is 0 Å². The summed E-state index contributed by atoms with van der Waals surface area (Å²) in [6, 6.07) is 13.9. The van der Waals surface area contributed by atoms with E-state index in [1.807, 2.05) is 37.3 Å². The van der Waals surface area contributed by atoms with Crippen LogP contribution in [0.5, 0.6) is 0 Å². The summed E-state index contributed by atoms with van der Waals surface area (Å²) in [4.78, 5) is 4.23. The summed E-state index contributed by atoms with van der Waals surface area (Å²) in [5.41, 5.74) is 6.90. The van der Waals surface area contributed by atoms with Gasteiger partial charge in [-0.15, -0.1) is 0 Å². The number of hydrazone groups is 1. The first-order chi connectivity index (χ1) is 10.2. The van der Waals surface area contributed by atoms with Gasteiger partial charge in [0, 0.05) is 12.7 Å². The second-order valence-electron chi connectivity index (χ2n) is 4.63. The Hall–Kier alpha value is -2.27. The number of nitrogens with one attached hydrogen (secondary N) is 2. The number of nitrogens with zero attached hydrogens (tertiary/aromatic N) is 2. The molecule has 5 heteroatoms. The van der Waals surface area contributed by atoms with Crippen LogP contribution in [0.1, 0.15) is 23.7 Å². The van der Waals surface area contributed by atoms with E-state index in [2.05, 4.69) is 39.9 Å². The van der Waals surface area contributed by atoms with Gasteiger partial charge in [-0.25, -0.2) is 0 Å². The standard InChI is InChI=1S/C16H18N4S/c1-12-7-3-4-8-14(12)11-18-16(21)20-19-13(2)15-9-5-6-10-17-15/h3-10H,11H2,1-2H3,(H2,18,20,21). The van der Waals surface area contributed by atoms with Crippen molar-refractivity contribution in [2.24, 2.45) is 5.10 Å².